The molecule has 0 saturated carbocycles. The minimum absolute atomic E-state index is 1.25. The number of hydrogen-bond acceptors (Lipinski definition) is 3. The molecule has 4 rings (SSSR count). The van der Waals surface area contributed by atoms with E-state index in [1.54, 1.807) is 0 Å². The Morgan fingerprint density at radius 2 is 1.17 bits per heavy atom. The fourth-order valence-corrected chi connectivity index (χ4v) is 2.82. The highest BCUT2D eigenvalue weighted by Gasteiger charge is 2.15. The summed E-state index contributed by atoms with van der Waals surface area (Å²) in [5.74, 6) is 0. The molecule has 0 radical (unpaired) electrons. The van der Waals surface area contributed by atoms with Crippen LogP contribution in [0.1, 0.15) is 0 Å². The number of fused-ring (bicyclic) bond motifs is 2. The van der Waals surface area contributed by atoms with E-state index in [1.165, 1.54) is 27.2 Å². The first-order valence-corrected chi connectivity index (χ1v) is 7.35. The van der Waals surface area contributed by atoms with E-state index >= 15 is 0 Å². The molecule has 0 aliphatic rings. The molecule has 0 aliphatic carbocycles. The highest BCUT2D eigenvalue weighted by Crippen LogP contribution is 2.28. The second kappa shape index (κ2) is 6.75. The number of aromatic nitrogens is 1. The Balaban J connectivity index is 0.000000383. The van der Waals surface area contributed by atoms with Crippen molar-refractivity contribution in [3.05, 3.63) is 101 Å². The number of benzene rings is 3. The van der Waals surface area contributed by atoms with Crippen molar-refractivity contribution in [1.29, 1.82) is 0 Å². The molecule has 0 saturated heterocycles. The van der Waals surface area contributed by atoms with E-state index in [4.69, 9.17) is 15.3 Å². The number of nitrogens with zero attached hydrogens (tertiary/aromatic N) is 2. The molecule has 5 nitrogen and oxygen atoms in total. The minimum atomic E-state index is -1.75. The van der Waals surface area contributed by atoms with Crippen molar-refractivity contribution in [2.45, 2.75) is 0 Å². The lowest BCUT2D eigenvalue weighted by Crippen LogP contribution is -2.29. The molecule has 4 aromatic rings. The van der Waals surface area contributed by atoms with Crippen molar-refractivity contribution in [2.75, 3.05) is 0 Å². The topological polar surface area (TPSA) is 70.1 Å². The van der Waals surface area contributed by atoms with Gasteiger partial charge in [0.1, 0.15) is 0 Å². The van der Waals surface area contributed by atoms with Crippen molar-refractivity contribution < 1.29 is 9.65 Å². The van der Waals surface area contributed by atoms with Crippen LogP contribution in [0.4, 0.5) is 0 Å². The van der Waals surface area contributed by atoms with Crippen LogP contribution < -0.4 is 4.57 Å². The lowest BCUT2D eigenvalue weighted by Gasteiger charge is -2.06. The average molecular weight is 318 g/mol. The number of hydrogen-bond donors (Lipinski definition) is 0. The smallest absolute Gasteiger partial charge is 0.226 e. The van der Waals surface area contributed by atoms with Crippen molar-refractivity contribution in [2.24, 2.45) is 0 Å². The van der Waals surface area contributed by atoms with Gasteiger partial charge in [-0.15, -0.1) is 0 Å². The number of rotatable bonds is 1. The Labute approximate surface area is 138 Å². The van der Waals surface area contributed by atoms with Gasteiger partial charge in [0.05, 0.1) is 15.9 Å². The third kappa shape index (κ3) is 3.15. The lowest BCUT2D eigenvalue weighted by molar-refractivity contribution is -0.592. The third-order valence-corrected chi connectivity index (χ3v) is 3.72. The molecule has 0 amide bonds. The zero-order chi connectivity index (χ0) is 16.9. The largest absolute Gasteiger partial charge is 0.356 e. The first kappa shape index (κ1) is 15.4. The Morgan fingerprint density at radius 1 is 0.708 bits per heavy atom. The fraction of sp³-hybridized carbons (Fsp3) is 0. The monoisotopic (exact) mass is 318 g/mol. The molecule has 0 N–H and O–H groups in total. The summed E-state index contributed by atoms with van der Waals surface area (Å²) in [7, 11) is 0. The molecule has 0 fully saturated rings. The van der Waals surface area contributed by atoms with Crippen molar-refractivity contribution in [3.63, 3.8) is 0 Å². The molecule has 5 heteroatoms. The Kier molecular flexibility index (Phi) is 4.34. The first-order valence-electron chi connectivity index (χ1n) is 7.35. The minimum Gasteiger partial charge on any atom is -0.356 e. The molecule has 3 aromatic carbocycles. The molecule has 0 unspecified atom stereocenters. The summed E-state index contributed by atoms with van der Waals surface area (Å²) in [5, 5.41) is 19.9. The normalized spacial score (nSPS) is 10.2. The number of pyridine rings is 1. The van der Waals surface area contributed by atoms with Gasteiger partial charge in [-0.25, -0.2) is 0 Å². The van der Waals surface area contributed by atoms with Gasteiger partial charge in [-0.1, -0.05) is 42.5 Å². The van der Waals surface area contributed by atoms with Gasteiger partial charge >= 0.3 is 0 Å². The second-order valence-corrected chi connectivity index (χ2v) is 5.17. The van der Waals surface area contributed by atoms with E-state index in [2.05, 4.69) is 83.7 Å². The fourth-order valence-electron chi connectivity index (χ4n) is 2.82. The maximum Gasteiger partial charge on any atom is 0.226 e. The second-order valence-electron chi connectivity index (χ2n) is 5.17. The Morgan fingerprint density at radius 3 is 1.67 bits per heavy atom. The van der Waals surface area contributed by atoms with E-state index in [1.807, 2.05) is 6.07 Å². The predicted molar refractivity (Wildman–Crippen MR) is 93.3 cm³/mol. The molecule has 0 atom stereocenters. The molecule has 118 valence electrons. The Bertz CT molecular complexity index is 943. The van der Waals surface area contributed by atoms with Crippen molar-refractivity contribution >= 4 is 21.5 Å². The van der Waals surface area contributed by atoms with Gasteiger partial charge in [0, 0.05) is 12.1 Å². The molecule has 1 aromatic heterocycles. The highest BCUT2D eigenvalue weighted by atomic mass is 16.9. The molecule has 0 aliphatic heterocycles. The van der Waals surface area contributed by atoms with Crippen LogP contribution in [-0.2, 0) is 0 Å². The van der Waals surface area contributed by atoms with Crippen molar-refractivity contribution in [1.82, 2.24) is 0 Å². The van der Waals surface area contributed by atoms with E-state index in [0.717, 1.165) is 0 Å². The molecule has 0 spiro atoms. The van der Waals surface area contributed by atoms with Crippen LogP contribution in [0.5, 0.6) is 0 Å². The van der Waals surface area contributed by atoms with Crippen LogP contribution in [0.25, 0.3) is 27.2 Å². The van der Waals surface area contributed by atoms with Gasteiger partial charge in [0.25, 0.3) is 0 Å². The predicted octanol–water partition coefficient (Wildman–Crippen LogP) is 4.03. The SMILES string of the molecule is O=[N+]([O-])[O-].c1cc[n+](-c2c3ccccc3cc3ccccc23)cc1. The zero-order valence-corrected chi connectivity index (χ0v) is 12.7. The maximum absolute atomic E-state index is 8.25. The van der Waals surface area contributed by atoms with Crippen LogP contribution in [0, 0.1) is 15.3 Å². The Hall–Kier alpha value is -3.47. The molecular formula is C19H14N2O3. The van der Waals surface area contributed by atoms with Gasteiger partial charge in [-0.05, 0) is 29.0 Å². The molecule has 1 heterocycles. The van der Waals surface area contributed by atoms with Crippen LogP contribution in [0.15, 0.2) is 85.2 Å². The van der Waals surface area contributed by atoms with Gasteiger partial charge in [0.15, 0.2) is 12.4 Å². The first-order chi connectivity index (χ1) is 11.7. The van der Waals surface area contributed by atoms with Crippen LogP contribution in [-0.4, -0.2) is 5.09 Å². The van der Waals surface area contributed by atoms with E-state index in [-0.39, 0.29) is 0 Å². The summed E-state index contributed by atoms with van der Waals surface area (Å²) in [4.78, 5) is 8.25. The standard InChI is InChI=1S/C19H14N.NO3/c1-6-12-20(13-7-1)19-17-10-4-2-8-15(17)14-16-9-3-5-11-18(16)19;2-1(3)4/h1-14H;/q+1;-1. The summed E-state index contributed by atoms with van der Waals surface area (Å²) < 4.78 is 2.20. The average Bonchev–Trinajstić information content (AvgIpc) is 2.60. The third-order valence-electron chi connectivity index (χ3n) is 3.72. The lowest BCUT2D eigenvalue weighted by atomic mass is 10.0. The van der Waals surface area contributed by atoms with Crippen LogP contribution in [0.3, 0.4) is 0 Å². The summed E-state index contributed by atoms with van der Waals surface area (Å²) in [6.07, 6.45) is 4.21. The molecular weight excluding hydrogens is 304 g/mol. The summed E-state index contributed by atoms with van der Waals surface area (Å²) >= 11 is 0. The van der Waals surface area contributed by atoms with Gasteiger partial charge in [-0.2, -0.15) is 4.57 Å². The van der Waals surface area contributed by atoms with E-state index in [0.29, 0.717) is 0 Å². The summed E-state index contributed by atoms with van der Waals surface area (Å²) in [6, 6.07) is 25.6. The summed E-state index contributed by atoms with van der Waals surface area (Å²) in [6.45, 7) is 0. The quantitative estimate of drug-likeness (QED) is 0.230. The zero-order valence-electron chi connectivity index (χ0n) is 12.7. The van der Waals surface area contributed by atoms with Crippen molar-refractivity contribution in [3.8, 4) is 5.69 Å². The molecule has 0 bridgehead atoms. The van der Waals surface area contributed by atoms with E-state index in [9.17, 15) is 0 Å². The van der Waals surface area contributed by atoms with E-state index < -0.39 is 5.09 Å². The van der Waals surface area contributed by atoms with Gasteiger partial charge in [0.2, 0.25) is 5.69 Å². The van der Waals surface area contributed by atoms with Gasteiger partial charge < -0.3 is 15.3 Å². The maximum atomic E-state index is 8.25. The summed E-state index contributed by atoms with van der Waals surface area (Å²) in [5.41, 5.74) is 1.25. The van der Waals surface area contributed by atoms with Crippen LogP contribution >= 0.6 is 0 Å². The van der Waals surface area contributed by atoms with Crippen LogP contribution in [0.2, 0.25) is 0 Å². The van der Waals surface area contributed by atoms with Gasteiger partial charge in [-0.3, -0.25) is 0 Å². The molecule has 24 heavy (non-hydrogen) atoms. The highest BCUT2D eigenvalue weighted by molar-refractivity contribution is 6.05.